The van der Waals surface area contributed by atoms with Crippen LogP contribution in [0.3, 0.4) is 0 Å². The number of carbonyl (C=O) groups is 2. The van der Waals surface area contributed by atoms with Crippen LogP contribution in [0, 0.1) is 0 Å². The van der Waals surface area contributed by atoms with Crippen molar-refractivity contribution < 1.29 is 9.59 Å². The molecule has 0 atom stereocenters. The molecule has 13 heavy (non-hydrogen) atoms. The normalized spacial score (nSPS) is 10.2. The van der Waals surface area contributed by atoms with Crippen molar-refractivity contribution in [1.29, 1.82) is 0 Å². The molecule has 0 bridgehead atoms. The van der Waals surface area contributed by atoms with Crippen LogP contribution in [0.15, 0.2) is 42.5 Å². The molecular formula is C11H10O2. The van der Waals surface area contributed by atoms with Crippen molar-refractivity contribution in [2.24, 2.45) is 0 Å². The zero-order valence-electron chi connectivity index (χ0n) is 7.36. The van der Waals surface area contributed by atoms with Crippen molar-refractivity contribution in [3.05, 3.63) is 48.0 Å². The molecule has 0 unspecified atom stereocenters. The Kier molecular flexibility index (Phi) is 3.15. The molecule has 0 saturated heterocycles. The quantitative estimate of drug-likeness (QED) is 0.519. The van der Waals surface area contributed by atoms with Gasteiger partial charge in [0, 0.05) is 5.56 Å². The van der Waals surface area contributed by atoms with Crippen LogP contribution in [0.5, 0.6) is 0 Å². The summed E-state index contributed by atoms with van der Waals surface area (Å²) in [4.78, 5) is 21.9. The second-order valence-electron chi connectivity index (χ2n) is 2.67. The fourth-order valence-corrected chi connectivity index (χ4v) is 0.892. The first-order chi connectivity index (χ1) is 6.20. The van der Waals surface area contributed by atoms with Gasteiger partial charge in [-0.2, -0.15) is 0 Å². The lowest BCUT2D eigenvalue weighted by Gasteiger charge is -1.92. The molecule has 0 aliphatic rings. The van der Waals surface area contributed by atoms with E-state index in [9.17, 15) is 9.59 Å². The van der Waals surface area contributed by atoms with E-state index in [1.807, 2.05) is 6.07 Å². The lowest BCUT2D eigenvalue weighted by Crippen LogP contribution is -1.94. The van der Waals surface area contributed by atoms with E-state index < -0.39 is 0 Å². The van der Waals surface area contributed by atoms with Crippen LogP contribution in [-0.2, 0) is 4.79 Å². The van der Waals surface area contributed by atoms with Gasteiger partial charge in [-0.15, -0.1) is 0 Å². The Morgan fingerprint density at radius 3 is 2.23 bits per heavy atom. The Morgan fingerprint density at radius 1 is 1.08 bits per heavy atom. The Hall–Kier alpha value is -1.70. The smallest absolute Gasteiger partial charge is 0.185 e. The van der Waals surface area contributed by atoms with Gasteiger partial charge in [0.25, 0.3) is 0 Å². The number of hydrogen-bond donors (Lipinski definition) is 0. The number of allylic oxidation sites excluding steroid dienone is 2. The largest absolute Gasteiger partial charge is 0.295 e. The van der Waals surface area contributed by atoms with E-state index in [1.165, 1.54) is 19.1 Å². The minimum atomic E-state index is -0.143. The summed E-state index contributed by atoms with van der Waals surface area (Å²) in [5.41, 5.74) is 0.597. The molecule has 66 valence electrons. The lowest BCUT2D eigenvalue weighted by molar-refractivity contribution is -0.112. The first kappa shape index (κ1) is 9.39. The van der Waals surface area contributed by atoms with Gasteiger partial charge in [0.05, 0.1) is 0 Å². The highest BCUT2D eigenvalue weighted by molar-refractivity contribution is 6.07. The third-order valence-corrected chi connectivity index (χ3v) is 1.53. The van der Waals surface area contributed by atoms with Crippen LogP contribution in [0.25, 0.3) is 0 Å². The van der Waals surface area contributed by atoms with Gasteiger partial charge >= 0.3 is 0 Å². The maximum absolute atomic E-state index is 11.3. The van der Waals surface area contributed by atoms with E-state index >= 15 is 0 Å². The monoisotopic (exact) mass is 174 g/mol. The highest BCUT2D eigenvalue weighted by Gasteiger charge is 1.98. The number of hydrogen-bond acceptors (Lipinski definition) is 2. The standard InChI is InChI=1S/C11H10O2/c1-9(12)7-8-11(13)10-5-3-2-4-6-10/h2-8H,1H3. The molecule has 0 amide bonds. The second kappa shape index (κ2) is 4.36. The summed E-state index contributed by atoms with van der Waals surface area (Å²) >= 11 is 0. The van der Waals surface area contributed by atoms with Gasteiger partial charge in [-0.25, -0.2) is 0 Å². The molecular weight excluding hydrogens is 164 g/mol. The van der Waals surface area contributed by atoms with E-state index in [0.717, 1.165) is 0 Å². The molecule has 0 aliphatic heterocycles. The van der Waals surface area contributed by atoms with E-state index in [4.69, 9.17) is 0 Å². The van der Waals surface area contributed by atoms with E-state index in [1.54, 1.807) is 24.3 Å². The first-order valence-electron chi connectivity index (χ1n) is 3.98. The summed E-state index contributed by atoms with van der Waals surface area (Å²) in [6.45, 7) is 1.41. The Morgan fingerprint density at radius 2 is 1.69 bits per heavy atom. The molecule has 0 aromatic heterocycles. The van der Waals surface area contributed by atoms with Gasteiger partial charge in [0.15, 0.2) is 11.6 Å². The minimum Gasteiger partial charge on any atom is -0.295 e. The summed E-state index contributed by atoms with van der Waals surface area (Å²) in [6, 6.07) is 8.84. The minimum absolute atomic E-state index is 0.121. The highest BCUT2D eigenvalue weighted by Crippen LogP contribution is 2.00. The van der Waals surface area contributed by atoms with Crippen LogP contribution in [-0.4, -0.2) is 11.6 Å². The van der Waals surface area contributed by atoms with E-state index in [2.05, 4.69) is 0 Å². The summed E-state index contributed by atoms with van der Waals surface area (Å²) in [6.07, 6.45) is 2.56. The van der Waals surface area contributed by atoms with Crippen molar-refractivity contribution in [3.8, 4) is 0 Å². The molecule has 1 aromatic rings. The summed E-state index contributed by atoms with van der Waals surface area (Å²) in [5.74, 6) is -0.264. The molecule has 0 fully saturated rings. The summed E-state index contributed by atoms with van der Waals surface area (Å²) < 4.78 is 0. The van der Waals surface area contributed by atoms with Crippen molar-refractivity contribution in [2.75, 3.05) is 0 Å². The van der Waals surface area contributed by atoms with Gasteiger partial charge < -0.3 is 0 Å². The second-order valence-corrected chi connectivity index (χ2v) is 2.67. The van der Waals surface area contributed by atoms with Gasteiger partial charge in [0.1, 0.15) is 0 Å². The molecule has 0 saturated carbocycles. The van der Waals surface area contributed by atoms with E-state index in [0.29, 0.717) is 5.56 Å². The average molecular weight is 174 g/mol. The van der Waals surface area contributed by atoms with Crippen molar-refractivity contribution >= 4 is 11.6 Å². The van der Waals surface area contributed by atoms with Crippen LogP contribution in [0.1, 0.15) is 17.3 Å². The molecule has 1 aromatic carbocycles. The summed E-state index contributed by atoms with van der Waals surface area (Å²) in [7, 11) is 0. The predicted octanol–water partition coefficient (Wildman–Crippen LogP) is 2.01. The third kappa shape index (κ3) is 3.03. The Balaban J connectivity index is 2.76. The SMILES string of the molecule is CC(=O)C=CC(=O)c1ccccc1. The van der Waals surface area contributed by atoms with Gasteiger partial charge in [0.2, 0.25) is 0 Å². The predicted molar refractivity (Wildman–Crippen MR) is 50.6 cm³/mol. The lowest BCUT2D eigenvalue weighted by atomic mass is 10.1. The van der Waals surface area contributed by atoms with Crippen LogP contribution < -0.4 is 0 Å². The fourth-order valence-electron chi connectivity index (χ4n) is 0.892. The third-order valence-electron chi connectivity index (χ3n) is 1.53. The zero-order valence-corrected chi connectivity index (χ0v) is 7.36. The van der Waals surface area contributed by atoms with Gasteiger partial charge in [-0.1, -0.05) is 30.3 Å². The van der Waals surface area contributed by atoms with Crippen LogP contribution in [0.4, 0.5) is 0 Å². The van der Waals surface area contributed by atoms with Gasteiger partial charge in [-0.3, -0.25) is 9.59 Å². The van der Waals surface area contributed by atoms with Crippen molar-refractivity contribution in [2.45, 2.75) is 6.92 Å². The first-order valence-corrected chi connectivity index (χ1v) is 3.98. The molecule has 2 nitrogen and oxygen atoms in total. The Labute approximate surface area is 76.9 Å². The highest BCUT2D eigenvalue weighted by atomic mass is 16.1. The topological polar surface area (TPSA) is 34.1 Å². The Bertz CT molecular complexity index is 336. The average Bonchev–Trinajstić information content (AvgIpc) is 2.15. The van der Waals surface area contributed by atoms with Crippen molar-refractivity contribution in [1.82, 2.24) is 0 Å². The number of ketones is 2. The molecule has 2 heteroatoms. The molecule has 0 aliphatic carbocycles. The van der Waals surface area contributed by atoms with Crippen LogP contribution in [0.2, 0.25) is 0 Å². The van der Waals surface area contributed by atoms with E-state index in [-0.39, 0.29) is 11.6 Å². The molecule has 0 radical (unpaired) electrons. The number of carbonyl (C=O) groups excluding carboxylic acids is 2. The number of benzene rings is 1. The molecule has 0 spiro atoms. The number of rotatable bonds is 3. The summed E-state index contributed by atoms with van der Waals surface area (Å²) in [5, 5.41) is 0. The van der Waals surface area contributed by atoms with Crippen LogP contribution >= 0.6 is 0 Å². The molecule has 1 rings (SSSR count). The maximum Gasteiger partial charge on any atom is 0.185 e. The molecule has 0 heterocycles. The van der Waals surface area contributed by atoms with Crippen molar-refractivity contribution in [3.63, 3.8) is 0 Å². The van der Waals surface area contributed by atoms with Gasteiger partial charge in [-0.05, 0) is 19.1 Å². The maximum atomic E-state index is 11.3. The molecule has 0 N–H and O–H groups in total. The zero-order chi connectivity index (χ0) is 9.68. The fraction of sp³-hybridized carbons (Fsp3) is 0.0909.